The summed E-state index contributed by atoms with van der Waals surface area (Å²) in [7, 11) is 0. The lowest BCUT2D eigenvalue weighted by Crippen LogP contribution is -2.37. The summed E-state index contributed by atoms with van der Waals surface area (Å²) < 4.78 is 0. The number of aryl methyl sites for hydroxylation is 1. The fourth-order valence-electron chi connectivity index (χ4n) is 2.02. The molecule has 0 unspecified atom stereocenters. The van der Waals surface area contributed by atoms with E-state index in [2.05, 4.69) is 11.8 Å². The van der Waals surface area contributed by atoms with Crippen LogP contribution in [0.1, 0.15) is 21.5 Å². The van der Waals surface area contributed by atoms with Crippen molar-refractivity contribution in [3.63, 3.8) is 0 Å². The van der Waals surface area contributed by atoms with Crippen LogP contribution in [0.2, 0.25) is 0 Å². The van der Waals surface area contributed by atoms with Gasteiger partial charge in [-0.25, -0.2) is 0 Å². The van der Waals surface area contributed by atoms with E-state index in [0.29, 0.717) is 0 Å². The second-order valence-electron chi connectivity index (χ2n) is 4.39. The van der Waals surface area contributed by atoms with E-state index in [-0.39, 0.29) is 12.5 Å². The van der Waals surface area contributed by atoms with Crippen LogP contribution in [-0.4, -0.2) is 47.1 Å². The number of hydrogen-bond donors (Lipinski definition) is 1. The first-order valence-electron chi connectivity index (χ1n) is 6.30. The lowest BCUT2D eigenvalue weighted by molar-refractivity contribution is 0.0772. The summed E-state index contributed by atoms with van der Waals surface area (Å²) in [6.07, 6.45) is 0. The van der Waals surface area contributed by atoms with Gasteiger partial charge in [-0.05, 0) is 30.7 Å². The maximum Gasteiger partial charge on any atom is 0.253 e. The third kappa shape index (κ3) is 3.52. The summed E-state index contributed by atoms with van der Waals surface area (Å²) in [5.41, 5.74) is 2.55. The van der Waals surface area contributed by atoms with E-state index in [1.807, 2.05) is 41.8 Å². The minimum Gasteiger partial charge on any atom is -0.384 e. The third-order valence-electron chi connectivity index (χ3n) is 3.07. The standard InChI is InChI=1S/C15H17NO2S/c1-12-11-14(5-4-13(12)3-2-8-17)15(18)16-6-9-19-10-7-16/h4-5,11,17H,6-10H2,1H3. The van der Waals surface area contributed by atoms with Crippen LogP contribution in [0, 0.1) is 18.8 Å². The largest absolute Gasteiger partial charge is 0.384 e. The number of amides is 1. The van der Waals surface area contributed by atoms with Gasteiger partial charge in [0, 0.05) is 35.7 Å². The van der Waals surface area contributed by atoms with Gasteiger partial charge in [-0.15, -0.1) is 0 Å². The Bertz CT molecular complexity index is 525. The van der Waals surface area contributed by atoms with Crippen molar-refractivity contribution in [3.05, 3.63) is 34.9 Å². The highest BCUT2D eigenvalue weighted by Gasteiger charge is 2.18. The highest BCUT2D eigenvalue weighted by molar-refractivity contribution is 7.99. The van der Waals surface area contributed by atoms with Gasteiger partial charge >= 0.3 is 0 Å². The van der Waals surface area contributed by atoms with Gasteiger partial charge in [0.15, 0.2) is 0 Å². The monoisotopic (exact) mass is 275 g/mol. The number of thioether (sulfide) groups is 1. The molecule has 1 heterocycles. The average Bonchev–Trinajstić information content (AvgIpc) is 2.46. The van der Waals surface area contributed by atoms with Crippen LogP contribution < -0.4 is 0 Å². The van der Waals surface area contributed by atoms with Crippen LogP contribution in [0.3, 0.4) is 0 Å². The average molecular weight is 275 g/mol. The Morgan fingerprint density at radius 2 is 2.16 bits per heavy atom. The molecule has 1 aromatic rings. The van der Waals surface area contributed by atoms with E-state index in [1.54, 1.807) is 0 Å². The quantitative estimate of drug-likeness (QED) is 0.790. The molecule has 4 heteroatoms. The van der Waals surface area contributed by atoms with Crippen molar-refractivity contribution in [2.75, 3.05) is 31.2 Å². The molecule has 1 aliphatic heterocycles. The minimum atomic E-state index is -0.147. The molecule has 3 nitrogen and oxygen atoms in total. The molecule has 0 bridgehead atoms. The highest BCUT2D eigenvalue weighted by Crippen LogP contribution is 2.15. The normalized spacial score (nSPS) is 14.7. The zero-order valence-electron chi connectivity index (χ0n) is 11.0. The van der Waals surface area contributed by atoms with Crippen LogP contribution in [-0.2, 0) is 0 Å². The summed E-state index contributed by atoms with van der Waals surface area (Å²) >= 11 is 1.89. The van der Waals surface area contributed by atoms with Gasteiger partial charge in [-0.2, -0.15) is 11.8 Å². The van der Waals surface area contributed by atoms with E-state index < -0.39 is 0 Å². The molecular weight excluding hydrogens is 258 g/mol. The third-order valence-corrected chi connectivity index (χ3v) is 4.02. The molecule has 0 aromatic heterocycles. The summed E-state index contributed by atoms with van der Waals surface area (Å²) in [6, 6.07) is 5.55. The molecule has 1 N–H and O–H groups in total. The maximum atomic E-state index is 12.3. The first-order valence-corrected chi connectivity index (χ1v) is 7.45. The highest BCUT2D eigenvalue weighted by atomic mass is 32.2. The molecule has 0 atom stereocenters. The number of benzene rings is 1. The maximum absolute atomic E-state index is 12.3. The van der Waals surface area contributed by atoms with E-state index in [0.717, 1.165) is 41.3 Å². The van der Waals surface area contributed by atoms with Crippen molar-refractivity contribution in [2.24, 2.45) is 0 Å². The second kappa shape index (κ2) is 6.65. The van der Waals surface area contributed by atoms with Crippen molar-refractivity contribution in [1.82, 2.24) is 4.90 Å². The van der Waals surface area contributed by atoms with Gasteiger partial charge in [-0.1, -0.05) is 11.8 Å². The fourth-order valence-corrected chi connectivity index (χ4v) is 2.92. The number of aliphatic hydroxyl groups is 1. The second-order valence-corrected chi connectivity index (χ2v) is 5.62. The number of carbonyl (C=O) groups is 1. The zero-order valence-corrected chi connectivity index (χ0v) is 11.8. The molecule has 0 saturated carbocycles. The van der Waals surface area contributed by atoms with Crippen LogP contribution >= 0.6 is 11.8 Å². The molecule has 1 amide bonds. The molecule has 19 heavy (non-hydrogen) atoms. The Hall–Kier alpha value is -1.44. The number of aliphatic hydroxyl groups excluding tert-OH is 1. The molecular formula is C15H17NO2S. The Kier molecular flexibility index (Phi) is 4.89. The Morgan fingerprint density at radius 1 is 1.42 bits per heavy atom. The Morgan fingerprint density at radius 3 is 2.79 bits per heavy atom. The van der Waals surface area contributed by atoms with E-state index >= 15 is 0 Å². The van der Waals surface area contributed by atoms with E-state index in [9.17, 15) is 4.79 Å². The van der Waals surface area contributed by atoms with E-state index in [4.69, 9.17) is 5.11 Å². The van der Waals surface area contributed by atoms with Crippen LogP contribution in [0.4, 0.5) is 0 Å². The summed E-state index contributed by atoms with van der Waals surface area (Å²) in [6.45, 7) is 3.44. The molecule has 100 valence electrons. The van der Waals surface area contributed by atoms with Gasteiger partial charge in [0.2, 0.25) is 0 Å². The Balaban J connectivity index is 2.16. The number of hydrogen-bond acceptors (Lipinski definition) is 3. The molecule has 1 saturated heterocycles. The minimum absolute atomic E-state index is 0.102. The number of carbonyl (C=O) groups excluding carboxylic acids is 1. The fraction of sp³-hybridized carbons (Fsp3) is 0.400. The van der Waals surface area contributed by atoms with Gasteiger partial charge in [0.25, 0.3) is 5.91 Å². The van der Waals surface area contributed by atoms with Crippen molar-refractivity contribution >= 4 is 17.7 Å². The molecule has 0 aliphatic carbocycles. The van der Waals surface area contributed by atoms with Crippen LogP contribution in [0.15, 0.2) is 18.2 Å². The van der Waals surface area contributed by atoms with Crippen molar-refractivity contribution in [2.45, 2.75) is 6.92 Å². The summed E-state index contributed by atoms with van der Waals surface area (Å²) in [4.78, 5) is 14.2. The number of rotatable bonds is 1. The number of nitrogens with zero attached hydrogens (tertiary/aromatic N) is 1. The smallest absolute Gasteiger partial charge is 0.253 e. The van der Waals surface area contributed by atoms with Crippen LogP contribution in [0.25, 0.3) is 0 Å². The first kappa shape index (κ1) is 14.0. The molecule has 1 fully saturated rings. The van der Waals surface area contributed by atoms with Crippen molar-refractivity contribution < 1.29 is 9.90 Å². The Labute approximate surface area is 118 Å². The first-order chi connectivity index (χ1) is 9.22. The molecule has 0 radical (unpaired) electrons. The van der Waals surface area contributed by atoms with Crippen molar-refractivity contribution in [3.8, 4) is 11.8 Å². The molecule has 1 aliphatic rings. The van der Waals surface area contributed by atoms with Crippen LogP contribution in [0.5, 0.6) is 0 Å². The molecule has 1 aromatic carbocycles. The zero-order chi connectivity index (χ0) is 13.7. The topological polar surface area (TPSA) is 40.5 Å². The van der Waals surface area contributed by atoms with Gasteiger partial charge in [-0.3, -0.25) is 4.79 Å². The van der Waals surface area contributed by atoms with E-state index in [1.165, 1.54) is 0 Å². The lowest BCUT2D eigenvalue weighted by Gasteiger charge is -2.26. The van der Waals surface area contributed by atoms with Gasteiger partial charge in [0.05, 0.1) is 0 Å². The van der Waals surface area contributed by atoms with Gasteiger partial charge < -0.3 is 10.0 Å². The predicted molar refractivity (Wildman–Crippen MR) is 78.4 cm³/mol. The molecule has 0 spiro atoms. The summed E-state index contributed by atoms with van der Waals surface area (Å²) in [5.74, 6) is 7.64. The predicted octanol–water partition coefficient (Wildman–Crippen LogP) is 1.53. The molecule has 2 rings (SSSR count). The lowest BCUT2D eigenvalue weighted by atomic mass is 10.0. The summed E-state index contributed by atoms with van der Waals surface area (Å²) in [5, 5.41) is 8.70. The van der Waals surface area contributed by atoms with Gasteiger partial charge in [0.1, 0.15) is 6.61 Å². The van der Waals surface area contributed by atoms with Crippen molar-refractivity contribution in [1.29, 1.82) is 0 Å². The SMILES string of the molecule is Cc1cc(C(=O)N2CCSCC2)ccc1C#CCO.